The third kappa shape index (κ3) is 1.80. The molecule has 4 nitrogen and oxygen atoms in total. The summed E-state index contributed by atoms with van der Waals surface area (Å²) in [6.45, 7) is 0. The molecule has 4 heteroatoms. The van der Waals surface area contributed by atoms with Crippen molar-refractivity contribution in [2.75, 3.05) is 0 Å². The van der Waals surface area contributed by atoms with E-state index in [0.29, 0.717) is 16.7 Å². The van der Waals surface area contributed by atoms with Crippen molar-refractivity contribution in [3.8, 4) is 11.1 Å². The molecule has 0 atom stereocenters. The van der Waals surface area contributed by atoms with E-state index in [1.165, 1.54) is 0 Å². The van der Waals surface area contributed by atoms with Crippen LogP contribution in [0, 0.1) is 0 Å². The van der Waals surface area contributed by atoms with Gasteiger partial charge in [0.25, 0.3) is 5.56 Å². The van der Waals surface area contributed by atoms with E-state index in [1.807, 2.05) is 42.5 Å². The van der Waals surface area contributed by atoms with Crippen LogP contribution in [0.2, 0.25) is 0 Å². The zero-order chi connectivity index (χ0) is 14.2. The summed E-state index contributed by atoms with van der Waals surface area (Å²) in [4.78, 5) is 21.3. The van der Waals surface area contributed by atoms with Crippen LogP contribution < -0.4 is 5.56 Å². The van der Waals surface area contributed by atoms with E-state index in [-0.39, 0.29) is 5.56 Å². The number of aromatic nitrogens is 3. The van der Waals surface area contributed by atoms with Gasteiger partial charge < -0.3 is 0 Å². The highest BCUT2D eigenvalue weighted by Gasteiger charge is 2.10. The Morgan fingerprint density at radius 3 is 2.62 bits per heavy atom. The van der Waals surface area contributed by atoms with Gasteiger partial charge in [-0.1, -0.05) is 30.3 Å². The predicted octanol–water partition coefficient (Wildman–Crippen LogP) is 2.91. The summed E-state index contributed by atoms with van der Waals surface area (Å²) < 4.78 is 1.58. The number of hydrogen-bond acceptors (Lipinski definition) is 3. The molecule has 4 rings (SSSR count). The van der Waals surface area contributed by atoms with Gasteiger partial charge in [0.1, 0.15) is 5.65 Å². The molecule has 0 N–H and O–H groups in total. The summed E-state index contributed by atoms with van der Waals surface area (Å²) in [6, 6.07) is 17.2. The molecule has 0 amide bonds. The molecule has 0 aliphatic heterocycles. The SMILES string of the molecule is O=c1c2cccnc2nc2c(-c3ccccc3)cccn12. The first-order valence-electron chi connectivity index (χ1n) is 6.66. The molecular weight excluding hydrogens is 262 g/mol. The molecule has 3 heterocycles. The highest BCUT2D eigenvalue weighted by atomic mass is 16.1. The minimum Gasteiger partial charge on any atom is -0.268 e. The van der Waals surface area contributed by atoms with Crippen molar-refractivity contribution < 1.29 is 0 Å². The first kappa shape index (κ1) is 11.8. The number of fused-ring (bicyclic) bond motifs is 2. The van der Waals surface area contributed by atoms with E-state index in [4.69, 9.17) is 0 Å². The Morgan fingerprint density at radius 1 is 0.905 bits per heavy atom. The average molecular weight is 273 g/mol. The van der Waals surface area contributed by atoms with E-state index < -0.39 is 0 Å². The van der Waals surface area contributed by atoms with Gasteiger partial charge in [0.05, 0.1) is 5.39 Å². The molecule has 0 aliphatic rings. The summed E-state index contributed by atoms with van der Waals surface area (Å²) in [5.74, 6) is 0. The van der Waals surface area contributed by atoms with E-state index in [1.54, 1.807) is 28.9 Å². The Kier molecular flexibility index (Phi) is 2.54. The quantitative estimate of drug-likeness (QED) is 0.501. The maximum Gasteiger partial charge on any atom is 0.267 e. The van der Waals surface area contributed by atoms with Gasteiger partial charge in [-0.25, -0.2) is 9.97 Å². The molecule has 100 valence electrons. The second kappa shape index (κ2) is 4.52. The summed E-state index contributed by atoms with van der Waals surface area (Å²) in [5.41, 5.74) is 2.95. The van der Waals surface area contributed by atoms with Gasteiger partial charge >= 0.3 is 0 Å². The van der Waals surface area contributed by atoms with Crippen molar-refractivity contribution in [2.24, 2.45) is 0 Å². The number of benzene rings is 1. The summed E-state index contributed by atoms with van der Waals surface area (Å²) in [5, 5.41) is 0.528. The lowest BCUT2D eigenvalue weighted by atomic mass is 10.1. The minimum atomic E-state index is -0.0964. The van der Waals surface area contributed by atoms with Crippen LogP contribution in [-0.2, 0) is 0 Å². The van der Waals surface area contributed by atoms with Gasteiger partial charge in [0.15, 0.2) is 5.65 Å². The molecule has 0 saturated carbocycles. The Morgan fingerprint density at radius 2 is 1.76 bits per heavy atom. The highest BCUT2D eigenvalue weighted by molar-refractivity contribution is 5.82. The predicted molar refractivity (Wildman–Crippen MR) is 82.2 cm³/mol. The van der Waals surface area contributed by atoms with Crippen molar-refractivity contribution in [1.29, 1.82) is 0 Å². The number of hydrogen-bond donors (Lipinski definition) is 0. The molecule has 21 heavy (non-hydrogen) atoms. The Bertz CT molecular complexity index is 1010. The van der Waals surface area contributed by atoms with Crippen LogP contribution in [0.4, 0.5) is 0 Å². The first-order chi connectivity index (χ1) is 10.3. The van der Waals surface area contributed by atoms with Crippen LogP contribution in [-0.4, -0.2) is 14.4 Å². The number of nitrogens with zero attached hydrogens (tertiary/aromatic N) is 3. The second-order valence-corrected chi connectivity index (χ2v) is 4.77. The zero-order valence-corrected chi connectivity index (χ0v) is 11.1. The summed E-state index contributed by atoms with van der Waals surface area (Å²) >= 11 is 0. The molecule has 3 aromatic heterocycles. The second-order valence-electron chi connectivity index (χ2n) is 4.77. The van der Waals surface area contributed by atoms with Crippen LogP contribution >= 0.6 is 0 Å². The maximum absolute atomic E-state index is 12.6. The molecule has 0 aliphatic carbocycles. The third-order valence-corrected chi connectivity index (χ3v) is 3.50. The fourth-order valence-electron chi connectivity index (χ4n) is 2.50. The number of pyridine rings is 2. The molecule has 4 aromatic rings. The third-order valence-electron chi connectivity index (χ3n) is 3.50. The molecule has 0 radical (unpaired) electrons. The Hall–Kier alpha value is -3.01. The summed E-state index contributed by atoms with van der Waals surface area (Å²) in [6.07, 6.45) is 3.39. The normalized spacial score (nSPS) is 11.0. The highest BCUT2D eigenvalue weighted by Crippen LogP contribution is 2.22. The lowest BCUT2D eigenvalue weighted by molar-refractivity contribution is 1.07. The van der Waals surface area contributed by atoms with Crippen LogP contribution in [0.5, 0.6) is 0 Å². The van der Waals surface area contributed by atoms with E-state index in [2.05, 4.69) is 9.97 Å². The van der Waals surface area contributed by atoms with Crippen LogP contribution in [0.3, 0.4) is 0 Å². The molecule has 0 saturated heterocycles. The van der Waals surface area contributed by atoms with Crippen molar-refractivity contribution in [3.05, 3.63) is 77.3 Å². The molecular formula is C17H11N3O. The Labute approximate surface area is 120 Å². The number of rotatable bonds is 1. The minimum absolute atomic E-state index is 0.0964. The summed E-state index contributed by atoms with van der Waals surface area (Å²) in [7, 11) is 0. The largest absolute Gasteiger partial charge is 0.268 e. The first-order valence-corrected chi connectivity index (χ1v) is 6.66. The molecule has 1 aromatic carbocycles. The smallest absolute Gasteiger partial charge is 0.267 e. The van der Waals surface area contributed by atoms with E-state index in [0.717, 1.165) is 11.1 Å². The van der Waals surface area contributed by atoms with E-state index in [9.17, 15) is 4.79 Å². The van der Waals surface area contributed by atoms with Gasteiger partial charge in [0, 0.05) is 18.0 Å². The molecule has 0 spiro atoms. The maximum atomic E-state index is 12.6. The average Bonchev–Trinajstić information content (AvgIpc) is 2.56. The van der Waals surface area contributed by atoms with Crippen LogP contribution in [0.1, 0.15) is 0 Å². The fourth-order valence-corrected chi connectivity index (χ4v) is 2.50. The fraction of sp³-hybridized carbons (Fsp3) is 0. The lowest BCUT2D eigenvalue weighted by Gasteiger charge is -2.08. The topological polar surface area (TPSA) is 47.3 Å². The van der Waals surface area contributed by atoms with Gasteiger partial charge in [-0.05, 0) is 29.8 Å². The van der Waals surface area contributed by atoms with Crippen LogP contribution in [0.15, 0.2) is 71.8 Å². The standard InChI is InChI=1S/C17H11N3O/c21-17-14-8-4-10-18-15(14)19-16-13(9-5-11-20(16)17)12-6-2-1-3-7-12/h1-11H. The van der Waals surface area contributed by atoms with Crippen molar-refractivity contribution in [3.63, 3.8) is 0 Å². The van der Waals surface area contributed by atoms with Crippen molar-refractivity contribution in [2.45, 2.75) is 0 Å². The van der Waals surface area contributed by atoms with E-state index >= 15 is 0 Å². The molecule has 0 bridgehead atoms. The lowest BCUT2D eigenvalue weighted by Crippen LogP contribution is -2.16. The van der Waals surface area contributed by atoms with Gasteiger partial charge in [0.2, 0.25) is 0 Å². The molecule has 0 fully saturated rings. The monoisotopic (exact) mass is 273 g/mol. The van der Waals surface area contributed by atoms with Gasteiger partial charge in [-0.15, -0.1) is 0 Å². The Balaban J connectivity index is 2.18. The van der Waals surface area contributed by atoms with Crippen molar-refractivity contribution >= 4 is 16.7 Å². The van der Waals surface area contributed by atoms with Crippen LogP contribution in [0.25, 0.3) is 27.8 Å². The van der Waals surface area contributed by atoms with Crippen molar-refractivity contribution in [1.82, 2.24) is 14.4 Å². The van der Waals surface area contributed by atoms with Gasteiger partial charge in [-0.2, -0.15) is 0 Å². The molecule has 0 unspecified atom stereocenters. The zero-order valence-electron chi connectivity index (χ0n) is 11.1. The van der Waals surface area contributed by atoms with Gasteiger partial charge in [-0.3, -0.25) is 9.20 Å².